The van der Waals surface area contributed by atoms with Gasteiger partial charge in [-0.2, -0.15) is 0 Å². The Kier molecular flexibility index (Phi) is 11.1. The number of nitrogens with zero attached hydrogens (tertiary/aromatic N) is 3. The highest BCUT2D eigenvalue weighted by atomic mass is 32.2. The predicted molar refractivity (Wildman–Crippen MR) is 204 cm³/mol. The Balaban J connectivity index is 1.26. The number of aromatic nitrogens is 2. The summed E-state index contributed by atoms with van der Waals surface area (Å²) in [6.45, 7) is 8.19. The zero-order chi connectivity index (χ0) is 42.1. The van der Waals surface area contributed by atoms with Crippen LogP contribution in [0.2, 0.25) is 0 Å². The van der Waals surface area contributed by atoms with Crippen LogP contribution in [0.1, 0.15) is 111 Å². The number of benzene rings is 1. The lowest BCUT2D eigenvalue weighted by Gasteiger charge is -2.35. The van der Waals surface area contributed by atoms with Crippen molar-refractivity contribution in [1.29, 1.82) is 0 Å². The van der Waals surface area contributed by atoms with Crippen molar-refractivity contribution < 1.29 is 55.0 Å². The second-order valence-electron chi connectivity index (χ2n) is 18.4. The highest BCUT2D eigenvalue weighted by Crippen LogP contribution is 2.59. The molecule has 5 aliphatic rings. The minimum atomic E-state index is -4.23. The number of methoxy groups -OCH3 is 1. The topological polar surface area (TPSA) is 171 Å². The molecule has 318 valence electrons. The molecular weight excluding hydrogens is 782 g/mol. The minimum absolute atomic E-state index is 0.0524. The number of amides is 2. The largest absolute Gasteiger partial charge is 0.497 e. The van der Waals surface area contributed by atoms with Crippen LogP contribution in [0.15, 0.2) is 18.2 Å². The lowest BCUT2D eigenvalue weighted by Crippen LogP contribution is -2.50. The van der Waals surface area contributed by atoms with Crippen LogP contribution in [-0.2, 0) is 33.9 Å². The Morgan fingerprint density at radius 3 is 2.41 bits per heavy atom. The lowest BCUT2D eigenvalue weighted by molar-refractivity contribution is -0.154. The van der Waals surface area contributed by atoms with Crippen LogP contribution < -0.4 is 14.2 Å². The van der Waals surface area contributed by atoms with E-state index in [2.05, 4.69) is 9.97 Å². The SMILES string of the molecule is COc1ccc2nc3c(nc2c1)O[C@H]1CN(C(=O)[C@H](C(C)(C)C)CC(=O)O[C@@H]2C[C@H]2CCCCC3F)[C@H](C(=O)C[C@]2(C(=O)NS(=O)(=O)C3(C)CC3)C[C@H]2C(F)F)[C@@H]1C. The molecule has 58 heavy (non-hydrogen) atoms. The molecule has 3 saturated carbocycles. The Bertz CT molecular complexity index is 2090. The number of Topliss-reactive ketones (excluding diaryl/α,β-unsaturated/α-hetero) is 1. The Morgan fingerprint density at radius 1 is 1.07 bits per heavy atom. The molecule has 0 spiro atoms. The van der Waals surface area contributed by atoms with Gasteiger partial charge in [0, 0.05) is 24.3 Å². The second-order valence-corrected chi connectivity index (χ2v) is 20.6. The number of fused-ring (bicyclic) bond motifs is 5. The minimum Gasteiger partial charge on any atom is -0.497 e. The molecule has 13 nitrogen and oxygen atoms in total. The molecule has 2 aromatic rings. The van der Waals surface area contributed by atoms with Crippen LogP contribution in [0.4, 0.5) is 13.2 Å². The number of sulfonamides is 1. The number of ketones is 1. The third-order valence-corrected chi connectivity index (χ3v) is 15.3. The van der Waals surface area contributed by atoms with Crippen LogP contribution in [0.3, 0.4) is 0 Å². The van der Waals surface area contributed by atoms with Gasteiger partial charge in [-0.15, -0.1) is 0 Å². The van der Waals surface area contributed by atoms with E-state index in [9.17, 15) is 36.4 Å². The summed E-state index contributed by atoms with van der Waals surface area (Å²) in [6, 6.07) is 3.59. The van der Waals surface area contributed by atoms with Crippen molar-refractivity contribution in [2.24, 2.45) is 34.5 Å². The third kappa shape index (κ3) is 8.12. The average molecular weight is 835 g/mol. The molecule has 2 aliphatic heterocycles. The zero-order valence-electron chi connectivity index (χ0n) is 33.8. The standard InChI is InChI=1S/C41H53F3N4O9S/c1-21-31-20-48(34(21)29(49)19-41(18-25(41)35(43)44)38(52)47-58(53,54)40(5)13-14-40)37(51)24(39(2,3)4)17-32(50)56-30-15-22(30)9-7-8-10-26(42)33-36(57-31)46-28-16-23(55-6)11-12-27(28)45-33/h11-12,16,21-22,24-26,30-31,34-35H,7-10,13-15,17-20H2,1-6H3,(H,47,52)/t21-,22-,24-,25+,26?,30-,31+,34+,41-/m1/s1. The van der Waals surface area contributed by atoms with Gasteiger partial charge < -0.3 is 19.1 Å². The smallest absolute Gasteiger partial charge is 0.306 e. The first-order valence-corrected chi connectivity index (χ1v) is 21.7. The van der Waals surface area contributed by atoms with Gasteiger partial charge in [0.25, 0.3) is 0 Å². The van der Waals surface area contributed by atoms with Gasteiger partial charge in [0.05, 0.1) is 53.2 Å². The van der Waals surface area contributed by atoms with Crippen LogP contribution in [-0.4, -0.2) is 89.9 Å². The molecular formula is C41H53F3N4O9S. The summed E-state index contributed by atoms with van der Waals surface area (Å²) in [6.07, 6.45) is -4.15. The summed E-state index contributed by atoms with van der Waals surface area (Å²) in [5, 5.41) is 0. The van der Waals surface area contributed by atoms with Crippen molar-refractivity contribution in [3.05, 3.63) is 23.9 Å². The molecule has 1 aromatic heterocycles. The summed E-state index contributed by atoms with van der Waals surface area (Å²) in [5.74, 6) is -6.09. The molecule has 2 bridgehead atoms. The molecule has 17 heteroatoms. The third-order valence-electron chi connectivity index (χ3n) is 13.2. The van der Waals surface area contributed by atoms with Crippen LogP contribution in [0.25, 0.3) is 11.0 Å². The van der Waals surface area contributed by atoms with E-state index in [-0.39, 0.29) is 43.0 Å². The first kappa shape index (κ1) is 42.1. The molecule has 3 aliphatic carbocycles. The van der Waals surface area contributed by atoms with Gasteiger partial charge in [0.1, 0.15) is 29.8 Å². The van der Waals surface area contributed by atoms with E-state index in [0.29, 0.717) is 48.9 Å². The number of esters is 1. The lowest BCUT2D eigenvalue weighted by atomic mass is 9.77. The van der Waals surface area contributed by atoms with Gasteiger partial charge >= 0.3 is 5.97 Å². The number of rotatable bonds is 8. The van der Waals surface area contributed by atoms with E-state index < -0.39 is 105 Å². The summed E-state index contributed by atoms with van der Waals surface area (Å²) in [7, 11) is -2.74. The molecule has 3 heterocycles. The fourth-order valence-corrected chi connectivity index (χ4v) is 10.0. The fourth-order valence-electron chi connectivity index (χ4n) is 8.69. The molecule has 0 radical (unpaired) electrons. The second kappa shape index (κ2) is 15.2. The molecule has 1 aromatic carbocycles. The summed E-state index contributed by atoms with van der Waals surface area (Å²) < 4.78 is 89.5. The maximum Gasteiger partial charge on any atom is 0.306 e. The van der Waals surface area contributed by atoms with Gasteiger partial charge in [-0.3, -0.25) is 23.9 Å². The van der Waals surface area contributed by atoms with E-state index in [4.69, 9.17) is 14.2 Å². The van der Waals surface area contributed by atoms with Crippen molar-refractivity contribution in [2.75, 3.05) is 13.7 Å². The summed E-state index contributed by atoms with van der Waals surface area (Å²) in [5.41, 5.74) is -2.16. The monoisotopic (exact) mass is 834 g/mol. The van der Waals surface area contributed by atoms with Crippen LogP contribution in [0, 0.1) is 34.5 Å². The normalized spacial score (nSPS) is 32.6. The number of hydrogen-bond acceptors (Lipinski definition) is 11. The highest BCUT2D eigenvalue weighted by molar-refractivity contribution is 7.91. The maximum absolute atomic E-state index is 16.3. The molecule has 1 saturated heterocycles. The zero-order valence-corrected chi connectivity index (χ0v) is 34.6. The number of alkyl halides is 3. The molecule has 1 unspecified atom stereocenters. The Labute approximate surface area is 336 Å². The predicted octanol–water partition coefficient (Wildman–Crippen LogP) is 6.03. The van der Waals surface area contributed by atoms with Crippen molar-refractivity contribution in [2.45, 2.75) is 134 Å². The van der Waals surface area contributed by atoms with Crippen LogP contribution in [0.5, 0.6) is 11.6 Å². The summed E-state index contributed by atoms with van der Waals surface area (Å²) >= 11 is 0. The Morgan fingerprint density at radius 2 is 1.78 bits per heavy atom. The van der Waals surface area contributed by atoms with Gasteiger partial charge in [-0.25, -0.2) is 31.6 Å². The maximum atomic E-state index is 16.3. The van der Waals surface area contributed by atoms with Gasteiger partial charge in [-0.1, -0.05) is 40.5 Å². The first-order valence-electron chi connectivity index (χ1n) is 20.2. The number of carbonyl (C=O) groups is 4. The molecule has 9 atom stereocenters. The number of carbonyl (C=O) groups excluding carboxylic acids is 4. The number of ether oxygens (including phenoxy) is 3. The molecule has 2 amide bonds. The molecule has 4 fully saturated rings. The number of nitrogens with one attached hydrogen (secondary N) is 1. The highest BCUT2D eigenvalue weighted by Gasteiger charge is 2.67. The first-order chi connectivity index (χ1) is 27.2. The van der Waals surface area contributed by atoms with Crippen molar-refractivity contribution in [3.63, 3.8) is 0 Å². The van der Waals surface area contributed by atoms with Gasteiger partial charge in [0.15, 0.2) is 5.78 Å². The van der Waals surface area contributed by atoms with E-state index in [1.54, 1.807) is 45.9 Å². The molecule has 1 N–H and O–H groups in total. The fraction of sp³-hybridized carbons (Fsp3) is 0.707. The van der Waals surface area contributed by atoms with Gasteiger partial charge in [-0.05, 0) is 68.9 Å². The van der Waals surface area contributed by atoms with Crippen molar-refractivity contribution in [1.82, 2.24) is 19.6 Å². The van der Waals surface area contributed by atoms with Crippen molar-refractivity contribution in [3.8, 4) is 11.6 Å². The summed E-state index contributed by atoms with van der Waals surface area (Å²) in [4.78, 5) is 67.1. The van der Waals surface area contributed by atoms with E-state index in [1.807, 2.05) is 4.72 Å². The van der Waals surface area contributed by atoms with E-state index >= 15 is 4.39 Å². The number of halogens is 3. The molecule has 7 rings (SSSR count). The van der Waals surface area contributed by atoms with Crippen LogP contribution >= 0.6 is 0 Å². The quantitative estimate of drug-likeness (QED) is 0.308. The van der Waals surface area contributed by atoms with Crippen molar-refractivity contribution >= 4 is 44.6 Å². The Hall–Kier alpha value is -4.02. The number of hydrogen-bond donors (Lipinski definition) is 1. The van der Waals surface area contributed by atoms with Gasteiger partial charge in [0.2, 0.25) is 34.1 Å². The van der Waals surface area contributed by atoms with E-state index in [0.717, 1.165) is 6.42 Å². The average Bonchev–Trinajstić information content (AvgIpc) is 4.10. The van der Waals surface area contributed by atoms with E-state index in [1.165, 1.54) is 18.9 Å².